The van der Waals surface area contributed by atoms with Gasteiger partial charge in [0.25, 0.3) is 0 Å². The van der Waals surface area contributed by atoms with Crippen molar-refractivity contribution in [3.8, 4) is 0 Å². The molecule has 0 spiro atoms. The lowest BCUT2D eigenvalue weighted by Crippen LogP contribution is -2.45. The van der Waals surface area contributed by atoms with Crippen LogP contribution in [-0.4, -0.2) is 64.6 Å². The molecule has 6 nitrogen and oxygen atoms in total. The van der Waals surface area contributed by atoms with Gasteiger partial charge in [-0.1, -0.05) is 6.92 Å². The zero-order chi connectivity index (χ0) is 15.4. The number of rotatable bonds is 7. The van der Waals surface area contributed by atoms with Crippen LogP contribution in [0.1, 0.15) is 26.7 Å². The molecular weight excluding hydrogens is 300 g/mol. The molecule has 0 aromatic heterocycles. The van der Waals surface area contributed by atoms with E-state index in [0.717, 1.165) is 25.6 Å². The van der Waals surface area contributed by atoms with Crippen molar-refractivity contribution < 1.29 is 16.8 Å². The first-order valence-electron chi connectivity index (χ1n) is 7.04. The summed E-state index contributed by atoms with van der Waals surface area (Å²) in [5.41, 5.74) is 0. The lowest BCUT2D eigenvalue weighted by Gasteiger charge is -2.34. The molecular formula is C12H26N2O4S2. The second-order valence-electron chi connectivity index (χ2n) is 5.53. The fraction of sp³-hybridized carbons (Fsp3) is 1.00. The van der Waals surface area contributed by atoms with Crippen molar-refractivity contribution in [3.63, 3.8) is 0 Å². The maximum absolute atomic E-state index is 12.1. The van der Waals surface area contributed by atoms with Gasteiger partial charge in [-0.15, -0.1) is 0 Å². The molecule has 0 aromatic carbocycles. The van der Waals surface area contributed by atoms with E-state index in [1.54, 1.807) is 0 Å². The molecule has 1 N–H and O–H groups in total. The lowest BCUT2D eigenvalue weighted by atomic mass is 9.91. The minimum absolute atomic E-state index is 0.303. The molecule has 1 rings (SSSR count). The van der Waals surface area contributed by atoms with Crippen LogP contribution in [0.2, 0.25) is 0 Å². The smallest absolute Gasteiger partial charge is 0.215 e. The summed E-state index contributed by atoms with van der Waals surface area (Å²) in [5.74, 6) is -0.126. The van der Waals surface area contributed by atoms with E-state index >= 15 is 0 Å². The molecule has 0 bridgehead atoms. The number of nitrogens with zero attached hydrogens (tertiary/aromatic N) is 1. The summed E-state index contributed by atoms with van der Waals surface area (Å²) in [6.07, 6.45) is 2.71. The van der Waals surface area contributed by atoms with Crippen LogP contribution >= 0.6 is 0 Å². The average molecular weight is 326 g/mol. The molecule has 1 aliphatic rings. The minimum atomic E-state index is -3.44. The third-order valence-electron chi connectivity index (χ3n) is 3.84. The summed E-state index contributed by atoms with van der Waals surface area (Å²) in [6.45, 7) is 6.08. The topological polar surface area (TPSA) is 83.6 Å². The molecule has 1 unspecified atom stereocenters. The predicted octanol–water partition coefficient (Wildman–Crippen LogP) is 0.0708. The summed E-state index contributed by atoms with van der Waals surface area (Å²) >= 11 is 0. The molecule has 1 atom stereocenters. The number of hydrogen-bond donors (Lipinski definition) is 1. The van der Waals surface area contributed by atoms with Gasteiger partial charge in [0.15, 0.2) is 0 Å². The maximum Gasteiger partial charge on any atom is 0.215 e. The highest BCUT2D eigenvalue weighted by molar-refractivity contribution is 7.93. The van der Waals surface area contributed by atoms with Gasteiger partial charge in [0.05, 0.1) is 11.5 Å². The molecule has 0 radical (unpaired) electrons. The van der Waals surface area contributed by atoms with E-state index in [2.05, 4.69) is 19.2 Å². The first kappa shape index (κ1) is 17.9. The number of sulfone groups is 1. The lowest BCUT2D eigenvalue weighted by molar-refractivity contribution is 0.233. The standard InChI is InChI=1S/C12H26N2O4S2/c1-4-13-11(2)12-5-7-14(8-6-12)20(17,18)10-9-19(3,15)16/h11-13H,4-10H2,1-3H3. The molecule has 1 fully saturated rings. The number of sulfonamides is 1. The Labute approximate surface area is 122 Å². The molecule has 8 heteroatoms. The van der Waals surface area contributed by atoms with Gasteiger partial charge in [0.1, 0.15) is 9.84 Å². The normalized spacial score (nSPS) is 20.9. The monoisotopic (exact) mass is 326 g/mol. The van der Waals surface area contributed by atoms with E-state index < -0.39 is 19.9 Å². The Bertz CT molecular complexity index is 494. The van der Waals surface area contributed by atoms with Gasteiger partial charge in [0, 0.05) is 25.4 Å². The average Bonchev–Trinajstić information content (AvgIpc) is 2.36. The van der Waals surface area contributed by atoms with E-state index in [0.29, 0.717) is 25.0 Å². The van der Waals surface area contributed by atoms with Gasteiger partial charge in [-0.3, -0.25) is 0 Å². The molecule has 0 saturated carbocycles. The Balaban J connectivity index is 2.52. The van der Waals surface area contributed by atoms with E-state index in [9.17, 15) is 16.8 Å². The molecule has 120 valence electrons. The minimum Gasteiger partial charge on any atom is -0.314 e. The van der Waals surface area contributed by atoms with Crippen LogP contribution in [0.5, 0.6) is 0 Å². The Hall–Kier alpha value is -0.180. The number of hydrogen-bond acceptors (Lipinski definition) is 5. The molecule has 0 amide bonds. The highest BCUT2D eigenvalue weighted by Gasteiger charge is 2.30. The zero-order valence-corrected chi connectivity index (χ0v) is 14.1. The fourth-order valence-corrected chi connectivity index (χ4v) is 5.61. The number of piperidine rings is 1. The summed E-state index contributed by atoms with van der Waals surface area (Å²) < 4.78 is 47.8. The Morgan fingerprint density at radius 3 is 2.15 bits per heavy atom. The molecule has 1 saturated heterocycles. The molecule has 20 heavy (non-hydrogen) atoms. The Morgan fingerprint density at radius 2 is 1.70 bits per heavy atom. The summed E-state index contributed by atoms with van der Waals surface area (Å²) in [6, 6.07) is 0.390. The van der Waals surface area contributed by atoms with Crippen LogP contribution in [0.25, 0.3) is 0 Å². The Kier molecular flexibility index (Phi) is 6.43. The van der Waals surface area contributed by atoms with Crippen molar-refractivity contribution >= 4 is 19.9 Å². The van der Waals surface area contributed by atoms with E-state index in [4.69, 9.17) is 0 Å². The second-order valence-corrected chi connectivity index (χ2v) is 9.88. The van der Waals surface area contributed by atoms with E-state index in [-0.39, 0.29) is 11.5 Å². The van der Waals surface area contributed by atoms with Gasteiger partial charge in [-0.2, -0.15) is 0 Å². The SMILES string of the molecule is CCNC(C)C1CCN(S(=O)(=O)CCS(C)(=O)=O)CC1. The van der Waals surface area contributed by atoms with Crippen molar-refractivity contribution in [1.82, 2.24) is 9.62 Å². The predicted molar refractivity (Wildman–Crippen MR) is 80.9 cm³/mol. The second kappa shape index (κ2) is 7.20. The van der Waals surface area contributed by atoms with Crippen molar-refractivity contribution in [2.45, 2.75) is 32.7 Å². The van der Waals surface area contributed by atoms with Crippen molar-refractivity contribution in [3.05, 3.63) is 0 Å². The van der Waals surface area contributed by atoms with E-state index in [1.807, 2.05) is 0 Å². The molecule has 1 heterocycles. The van der Waals surface area contributed by atoms with Gasteiger partial charge in [-0.25, -0.2) is 21.1 Å². The highest BCUT2D eigenvalue weighted by atomic mass is 32.2. The van der Waals surface area contributed by atoms with Crippen LogP contribution in [0.4, 0.5) is 0 Å². The van der Waals surface area contributed by atoms with Gasteiger partial charge in [0.2, 0.25) is 10.0 Å². The number of nitrogens with one attached hydrogen (secondary N) is 1. The van der Waals surface area contributed by atoms with Crippen molar-refractivity contribution in [2.24, 2.45) is 5.92 Å². The van der Waals surface area contributed by atoms with Crippen LogP contribution < -0.4 is 5.32 Å². The Morgan fingerprint density at radius 1 is 1.15 bits per heavy atom. The quantitative estimate of drug-likeness (QED) is 0.716. The first-order valence-corrected chi connectivity index (χ1v) is 10.7. The third kappa shape index (κ3) is 5.67. The summed E-state index contributed by atoms with van der Waals surface area (Å²) in [7, 11) is -6.69. The van der Waals surface area contributed by atoms with Crippen LogP contribution in [0.15, 0.2) is 0 Å². The van der Waals surface area contributed by atoms with Gasteiger partial charge < -0.3 is 5.32 Å². The first-order chi connectivity index (χ1) is 9.15. The molecule has 0 aliphatic carbocycles. The van der Waals surface area contributed by atoms with Crippen molar-refractivity contribution in [2.75, 3.05) is 37.4 Å². The summed E-state index contributed by atoms with van der Waals surface area (Å²) in [4.78, 5) is 0. The third-order valence-corrected chi connectivity index (χ3v) is 6.91. The van der Waals surface area contributed by atoms with Crippen molar-refractivity contribution in [1.29, 1.82) is 0 Å². The maximum atomic E-state index is 12.1. The van der Waals surface area contributed by atoms with Crippen LogP contribution in [0.3, 0.4) is 0 Å². The molecule has 0 aromatic rings. The van der Waals surface area contributed by atoms with Gasteiger partial charge in [-0.05, 0) is 32.2 Å². The summed E-state index contributed by atoms with van der Waals surface area (Å²) in [5, 5.41) is 3.37. The van der Waals surface area contributed by atoms with Crippen LogP contribution in [0, 0.1) is 5.92 Å². The van der Waals surface area contributed by atoms with E-state index in [1.165, 1.54) is 4.31 Å². The fourth-order valence-electron chi connectivity index (χ4n) is 2.53. The van der Waals surface area contributed by atoms with Gasteiger partial charge >= 0.3 is 0 Å². The largest absolute Gasteiger partial charge is 0.314 e. The molecule has 1 aliphatic heterocycles. The van der Waals surface area contributed by atoms with Crippen LogP contribution in [-0.2, 0) is 19.9 Å². The zero-order valence-electron chi connectivity index (χ0n) is 12.5. The highest BCUT2D eigenvalue weighted by Crippen LogP contribution is 2.22.